The number of likely N-dealkylation sites (N-methyl/N-ethyl adjacent to an activating group) is 1. The van der Waals surface area contributed by atoms with Crippen LogP contribution in [-0.4, -0.2) is 42.4 Å². The standard InChI is InChI=1S/C15H22N2O/c1-12-6-4-7-13(10-12)11-17-9-5-8-14(17)15(18)16(2)3/h4,6-7,10,14H,5,8-9,11H2,1-3H3/t14-/m0/s1. The quantitative estimate of drug-likeness (QED) is 0.815. The molecule has 3 nitrogen and oxygen atoms in total. The van der Waals surface area contributed by atoms with Crippen LogP contribution in [-0.2, 0) is 11.3 Å². The SMILES string of the molecule is Cc1cccc(CN2CCC[C@H]2C(=O)N(C)C)c1. The highest BCUT2D eigenvalue weighted by atomic mass is 16.2. The minimum atomic E-state index is 0.0699. The summed E-state index contributed by atoms with van der Waals surface area (Å²) in [6, 6.07) is 8.61. The van der Waals surface area contributed by atoms with Crippen molar-refractivity contribution in [2.45, 2.75) is 32.4 Å². The van der Waals surface area contributed by atoms with Gasteiger partial charge in [-0.3, -0.25) is 9.69 Å². The molecule has 1 aromatic rings. The van der Waals surface area contributed by atoms with Crippen molar-refractivity contribution in [3.8, 4) is 0 Å². The normalized spacial score (nSPS) is 20.1. The van der Waals surface area contributed by atoms with Gasteiger partial charge < -0.3 is 4.90 Å². The van der Waals surface area contributed by atoms with Crippen molar-refractivity contribution in [1.29, 1.82) is 0 Å². The zero-order chi connectivity index (χ0) is 13.1. The molecule has 1 atom stereocenters. The minimum absolute atomic E-state index is 0.0699. The maximum absolute atomic E-state index is 12.1. The maximum atomic E-state index is 12.1. The highest BCUT2D eigenvalue weighted by Crippen LogP contribution is 2.21. The minimum Gasteiger partial charge on any atom is -0.347 e. The molecule has 0 unspecified atom stereocenters. The van der Waals surface area contributed by atoms with Gasteiger partial charge in [0.05, 0.1) is 6.04 Å². The lowest BCUT2D eigenvalue weighted by atomic mass is 10.1. The Labute approximate surface area is 109 Å². The summed E-state index contributed by atoms with van der Waals surface area (Å²) < 4.78 is 0. The topological polar surface area (TPSA) is 23.6 Å². The van der Waals surface area contributed by atoms with Gasteiger partial charge in [0.2, 0.25) is 5.91 Å². The molecule has 18 heavy (non-hydrogen) atoms. The van der Waals surface area contributed by atoms with E-state index in [4.69, 9.17) is 0 Å². The maximum Gasteiger partial charge on any atom is 0.239 e. The van der Waals surface area contributed by atoms with Crippen LogP contribution in [0.2, 0.25) is 0 Å². The molecule has 0 N–H and O–H groups in total. The van der Waals surface area contributed by atoms with Crippen LogP contribution in [0.4, 0.5) is 0 Å². The third kappa shape index (κ3) is 2.91. The zero-order valence-electron chi connectivity index (χ0n) is 11.5. The van der Waals surface area contributed by atoms with Crippen LogP contribution in [0.25, 0.3) is 0 Å². The van der Waals surface area contributed by atoms with Crippen molar-refractivity contribution in [2.75, 3.05) is 20.6 Å². The van der Waals surface area contributed by atoms with Gasteiger partial charge >= 0.3 is 0 Å². The molecular weight excluding hydrogens is 224 g/mol. The van der Waals surface area contributed by atoms with Crippen molar-refractivity contribution in [3.63, 3.8) is 0 Å². The van der Waals surface area contributed by atoms with Gasteiger partial charge in [0.1, 0.15) is 0 Å². The number of benzene rings is 1. The first-order chi connectivity index (χ1) is 8.58. The number of amides is 1. The van der Waals surface area contributed by atoms with Crippen molar-refractivity contribution >= 4 is 5.91 Å². The molecule has 1 heterocycles. The molecule has 0 radical (unpaired) electrons. The fourth-order valence-corrected chi connectivity index (χ4v) is 2.64. The van der Waals surface area contributed by atoms with Gasteiger partial charge in [-0.25, -0.2) is 0 Å². The van der Waals surface area contributed by atoms with E-state index in [1.54, 1.807) is 4.90 Å². The first kappa shape index (κ1) is 13.1. The molecule has 0 bridgehead atoms. The smallest absolute Gasteiger partial charge is 0.239 e. The Hall–Kier alpha value is -1.35. The van der Waals surface area contributed by atoms with E-state index in [1.807, 2.05) is 14.1 Å². The van der Waals surface area contributed by atoms with E-state index >= 15 is 0 Å². The van der Waals surface area contributed by atoms with E-state index in [1.165, 1.54) is 11.1 Å². The summed E-state index contributed by atoms with van der Waals surface area (Å²) in [4.78, 5) is 16.1. The van der Waals surface area contributed by atoms with E-state index in [2.05, 4.69) is 36.1 Å². The number of carbonyl (C=O) groups is 1. The molecule has 3 heteroatoms. The molecule has 1 saturated heterocycles. The molecule has 1 aromatic carbocycles. The Morgan fingerprint density at radius 2 is 2.22 bits per heavy atom. The predicted molar refractivity (Wildman–Crippen MR) is 73.3 cm³/mol. The molecule has 0 saturated carbocycles. The van der Waals surface area contributed by atoms with Crippen LogP contribution in [0.5, 0.6) is 0 Å². The second-order valence-electron chi connectivity index (χ2n) is 5.35. The van der Waals surface area contributed by atoms with Gasteiger partial charge in [-0.05, 0) is 31.9 Å². The van der Waals surface area contributed by atoms with Gasteiger partial charge in [0, 0.05) is 20.6 Å². The largest absolute Gasteiger partial charge is 0.347 e. The fraction of sp³-hybridized carbons (Fsp3) is 0.533. The highest BCUT2D eigenvalue weighted by molar-refractivity contribution is 5.81. The summed E-state index contributed by atoms with van der Waals surface area (Å²) in [6.07, 6.45) is 2.11. The van der Waals surface area contributed by atoms with E-state index < -0.39 is 0 Å². The van der Waals surface area contributed by atoms with Crippen molar-refractivity contribution in [2.24, 2.45) is 0 Å². The van der Waals surface area contributed by atoms with Gasteiger partial charge in [0.15, 0.2) is 0 Å². The summed E-state index contributed by atoms with van der Waals surface area (Å²) in [5.74, 6) is 0.236. The van der Waals surface area contributed by atoms with Crippen molar-refractivity contribution in [3.05, 3.63) is 35.4 Å². The number of rotatable bonds is 3. The molecule has 1 fully saturated rings. The molecule has 1 aliphatic heterocycles. The van der Waals surface area contributed by atoms with Gasteiger partial charge in [-0.15, -0.1) is 0 Å². The molecular formula is C15H22N2O. The zero-order valence-corrected chi connectivity index (χ0v) is 11.5. The molecule has 2 rings (SSSR count). The molecule has 0 aromatic heterocycles. The van der Waals surface area contributed by atoms with E-state index in [9.17, 15) is 4.79 Å². The number of nitrogens with zero attached hydrogens (tertiary/aromatic N) is 2. The first-order valence-corrected chi connectivity index (χ1v) is 6.58. The van der Waals surface area contributed by atoms with E-state index in [0.717, 1.165) is 25.9 Å². The van der Waals surface area contributed by atoms with Crippen LogP contribution in [0.1, 0.15) is 24.0 Å². The Morgan fingerprint density at radius 1 is 1.44 bits per heavy atom. The lowest BCUT2D eigenvalue weighted by Gasteiger charge is -2.26. The number of aryl methyl sites for hydroxylation is 1. The summed E-state index contributed by atoms with van der Waals surface area (Å²) >= 11 is 0. The number of likely N-dealkylation sites (tertiary alicyclic amines) is 1. The number of hydrogen-bond donors (Lipinski definition) is 0. The summed E-state index contributed by atoms with van der Waals surface area (Å²) in [7, 11) is 3.68. The summed E-state index contributed by atoms with van der Waals surface area (Å²) in [5.41, 5.74) is 2.58. The van der Waals surface area contributed by atoms with Gasteiger partial charge in [-0.1, -0.05) is 29.8 Å². The first-order valence-electron chi connectivity index (χ1n) is 6.58. The monoisotopic (exact) mass is 246 g/mol. The number of hydrogen-bond acceptors (Lipinski definition) is 2. The van der Waals surface area contributed by atoms with Crippen LogP contribution in [0, 0.1) is 6.92 Å². The molecule has 1 aliphatic rings. The Kier molecular flexibility index (Phi) is 4.02. The Bertz CT molecular complexity index is 428. The summed E-state index contributed by atoms with van der Waals surface area (Å²) in [6.45, 7) is 4.01. The summed E-state index contributed by atoms with van der Waals surface area (Å²) in [5, 5.41) is 0. The van der Waals surface area contributed by atoms with Gasteiger partial charge in [0.25, 0.3) is 0 Å². The highest BCUT2D eigenvalue weighted by Gasteiger charge is 2.31. The van der Waals surface area contributed by atoms with E-state index in [0.29, 0.717) is 0 Å². The third-order valence-electron chi connectivity index (χ3n) is 3.56. The molecule has 98 valence electrons. The third-order valence-corrected chi connectivity index (χ3v) is 3.56. The molecule has 1 amide bonds. The average Bonchev–Trinajstić information content (AvgIpc) is 2.76. The predicted octanol–water partition coefficient (Wildman–Crippen LogP) is 2.05. The molecule has 0 aliphatic carbocycles. The second-order valence-corrected chi connectivity index (χ2v) is 5.35. The van der Waals surface area contributed by atoms with Crippen LogP contribution in [0.3, 0.4) is 0 Å². The average molecular weight is 246 g/mol. The lowest BCUT2D eigenvalue weighted by molar-refractivity contribution is -0.133. The second kappa shape index (κ2) is 5.53. The Balaban J connectivity index is 2.06. The van der Waals surface area contributed by atoms with Crippen LogP contribution >= 0.6 is 0 Å². The van der Waals surface area contributed by atoms with Crippen molar-refractivity contribution in [1.82, 2.24) is 9.80 Å². The Morgan fingerprint density at radius 3 is 2.89 bits per heavy atom. The van der Waals surface area contributed by atoms with E-state index in [-0.39, 0.29) is 11.9 Å². The van der Waals surface area contributed by atoms with Crippen LogP contribution in [0.15, 0.2) is 24.3 Å². The lowest BCUT2D eigenvalue weighted by Crippen LogP contribution is -2.42. The number of carbonyl (C=O) groups excluding carboxylic acids is 1. The van der Waals surface area contributed by atoms with Crippen molar-refractivity contribution < 1.29 is 4.79 Å². The van der Waals surface area contributed by atoms with Crippen LogP contribution < -0.4 is 0 Å². The fourth-order valence-electron chi connectivity index (χ4n) is 2.64. The molecule has 0 spiro atoms. The van der Waals surface area contributed by atoms with Gasteiger partial charge in [-0.2, -0.15) is 0 Å².